The molecule has 31 heavy (non-hydrogen) atoms. The maximum Gasteiger partial charge on any atom is 0.230 e. The largest absolute Gasteiger partial charge is 0.496 e. The first kappa shape index (κ1) is 19.1. The van der Waals surface area contributed by atoms with Crippen LogP contribution < -0.4 is 4.74 Å². The van der Waals surface area contributed by atoms with Gasteiger partial charge in [-0.25, -0.2) is 4.98 Å². The molecule has 5 rings (SSSR count). The lowest BCUT2D eigenvalue weighted by Gasteiger charge is -2.21. The van der Waals surface area contributed by atoms with Crippen LogP contribution in [0.4, 0.5) is 0 Å². The van der Waals surface area contributed by atoms with Crippen molar-refractivity contribution in [1.29, 1.82) is 0 Å². The minimum Gasteiger partial charge on any atom is -0.496 e. The van der Waals surface area contributed by atoms with E-state index in [-0.39, 0.29) is 5.78 Å². The minimum atomic E-state index is -0.176. The summed E-state index contributed by atoms with van der Waals surface area (Å²) in [4.78, 5) is 30.9. The van der Waals surface area contributed by atoms with E-state index in [0.717, 1.165) is 50.4 Å². The number of allylic oxidation sites excluding steroid dienone is 2. The predicted octanol–water partition coefficient (Wildman–Crippen LogP) is 4.27. The van der Waals surface area contributed by atoms with Gasteiger partial charge in [0.15, 0.2) is 5.82 Å². The van der Waals surface area contributed by atoms with Crippen molar-refractivity contribution < 1.29 is 9.53 Å². The molecule has 1 aromatic carbocycles. The van der Waals surface area contributed by atoms with Crippen LogP contribution in [0.15, 0.2) is 47.3 Å². The zero-order chi connectivity index (χ0) is 21.9. The van der Waals surface area contributed by atoms with E-state index in [1.165, 1.54) is 0 Å². The molecule has 7 nitrogen and oxygen atoms in total. The monoisotopic (exact) mass is 411 g/mol. The Hall–Kier alpha value is -3.87. The number of imidazole rings is 1. The smallest absolute Gasteiger partial charge is 0.230 e. The van der Waals surface area contributed by atoms with Crippen LogP contribution in [-0.2, 0) is 7.05 Å². The average molecular weight is 411 g/mol. The van der Waals surface area contributed by atoms with E-state index in [1.807, 2.05) is 50.6 Å². The van der Waals surface area contributed by atoms with Crippen molar-refractivity contribution >= 4 is 39.0 Å². The second-order valence-corrected chi connectivity index (χ2v) is 7.73. The van der Waals surface area contributed by atoms with Gasteiger partial charge in [-0.05, 0) is 45.0 Å². The molecule has 0 bridgehead atoms. The van der Waals surface area contributed by atoms with Crippen LogP contribution >= 0.6 is 0 Å². The molecular weight excluding hydrogens is 390 g/mol. The lowest BCUT2D eigenvalue weighted by molar-refractivity contribution is 0.102. The summed E-state index contributed by atoms with van der Waals surface area (Å²) in [7, 11) is 3.50. The summed E-state index contributed by atoms with van der Waals surface area (Å²) in [5.41, 5.74) is 7.69. The molecule has 154 valence electrons. The van der Waals surface area contributed by atoms with Gasteiger partial charge in [0.25, 0.3) is 0 Å². The van der Waals surface area contributed by atoms with E-state index in [9.17, 15) is 4.79 Å². The number of hydrogen-bond donors (Lipinski definition) is 0. The maximum absolute atomic E-state index is 13.1. The van der Waals surface area contributed by atoms with Gasteiger partial charge in [0, 0.05) is 52.4 Å². The van der Waals surface area contributed by atoms with E-state index in [1.54, 1.807) is 25.6 Å². The predicted molar refractivity (Wildman–Crippen MR) is 121 cm³/mol. The van der Waals surface area contributed by atoms with Gasteiger partial charge in [-0.15, -0.1) is 0 Å². The van der Waals surface area contributed by atoms with Crippen LogP contribution in [0.1, 0.15) is 41.3 Å². The Bertz CT molecular complexity index is 1460. The van der Waals surface area contributed by atoms with Crippen molar-refractivity contribution in [3.63, 3.8) is 0 Å². The fourth-order valence-electron chi connectivity index (χ4n) is 4.18. The number of nitrogens with zero attached hydrogens (tertiary/aromatic N) is 5. The zero-order valence-electron chi connectivity index (χ0n) is 18.0. The highest BCUT2D eigenvalue weighted by Crippen LogP contribution is 2.38. The molecule has 1 aliphatic heterocycles. The molecule has 0 radical (unpaired) electrons. The number of pyridine rings is 2. The van der Waals surface area contributed by atoms with Gasteiger partial charge < -0.3 is 9.30 Å². The Kier molecular flexibility index (Phi) is 4.22. The number of aryl methyl sites for hydroxylation is 2. The number of rotatable bonds is 4. The van der Waals surface area contributed by atoms with Crippen LogP contribution in [0.3, 0.4) is 0 Å². The number of hydrogen-bond acceptors (Lipinski definition) is 6. The van der Waals surface area contributed by atoms with Gasteiger partial charge in [-0.3, -0.25) is 19.8 Å². The first-order chi connectivity index (χ1) is 14.9. The summed E-state index contributed by atoms with van der Waals surface area (Å²) in [5, 5.41) is 0.876. The van der Waals surface area contributed by atoms with Crippen LogP contribution in [0.5, 0.6) is 5.75 Å². The standard InChI is InChI=1S/C24H21N5O2/c1-12-6-7-15(10-25-12)23(30)24-28-19-11-26-18-8-17(21-13(2)27-14(21)3)20(31-5)9-16(18)22(19)29(24)4/h6-11H,1-5H3. The Morgan fingerprint density at radius 3 is 2.48 bits per heavy atom. The summed E-state index contributed by atoms with van der Waals surface area (Å²) < 4.78 is 7.53. The molecule has 0 fully saturated rings. The molecular formula is C24H21N5O2. The van der Waals surface area contributed by atoms with Crippen molar-refractivity contribution in [2.45, 2.75) is 20.8 Å². The van der Waals surface area contributed by atoms with Crippen LogP contribution in [0.2, 0.25) is 0 Å². The molecule has 7 heteroatoms. The first-order valence-corrected chi connectivity index (χ1v) is 9.96. The molecule has 4 heterocycles. The molecule has 0 unspecified atom stereocenters. The van der Waals surface area contributed by atoms with E-state index in [2.05, 4.69) is 19.9 Å². The maximum atomic E-state index is 13.1. The molecule has 0 aliphatic carbocycles. The van der Waals surface area contributed by atoms with E-state index < -0.39 is 0 Å². The highest BCUT2D eigenvalue weighted by Gasteiger charge is 2.24. The first-order valence-electron chi connectivity index (χ1n) is 9.96. The number of carbonyl (C=O) groups is 1. The summed E-state index contributed by atoms with van der Waals surface area (Å²) in [6.45, 7) is 5.86. The lowest BCUT2D eigenvalue weighted by atomic mass is 9.93. The topological polar surface area (TPSA) is 82.3 Å². The van der Waals surface area contributed by atoms with E-state index in [4.69, 9.17) is 4.74 Å². The normalized spacial score (nSPS) is 13.5. The van der Waals surface area contributed by atoms with Gasteiger partial charge in [-0.1, -0.05) is 0 Å². The number of fused-ring (bicyclic) bond motifs is 3. The summed E-state index contributed by atoms with van der Waals surface area (Å²) in [6.07, 6.45) is 3.29. The third kappa shape index (κ3) is 2.84. The lowest BCUT2D eigenvalue weighted by Crippen LogP contribution is -2.10. The van der Waals surface area contributed by atoms with Crippen molar-refractivity contribution in [3.05, 3.63) is 65.0 Å². The van der Waals surface area contributed by atoms with Crippen LogP contribution in [0, 0.1) is 6.92 Å². The Morgan fingerprint density at radius 1 is 1.03 bits per heavy atom. The van der Waals surface area contributed by atoms with Gasteiger partial charge in [0.05, 0.1) is 24.3 Å². The average Bonchev–Trinajstić information content (AvgIpc) is 3.10. The Labute approximate surface area is 179 Å². The number of ether oxygens (including phenoxy) is 1. The van der Waals surface area contributed by atoms with E-state index >= 15 is 0 Å². The summed E-state index contributed by atoms with van der Waals surface area (Å²) >= 11 is 0. The van der Waals surface area contributed by atoms with Crippen molar-refractivity contribution in [2.75, 3.05) is 7.11 Å². The summed E-state index contributed by atoms with van der Waals surface area (Å²) in [6, 6.07) is 7.58. The minimum absolute atomic E-state index is 0.176. The summed E-state index contributed by atoms with van der Waals surface area (Å²) in [5.74, 6) is 0.908. The number of methoxy groups -OCH3 is 1. The zero-order valence-corrected chi connectivity index (χ0v) is 18.0. The molecule has 0 amide bonds. The molecule has 0 atom stereocenters. The fraction of sp³-hybridized carbons (Fsp3) is 0.208. The van der Waals surface area contributed by atoms with Gasteiger partial charge in [0.1, 0.15) is 11.3 Å². The highest BCUT2D eigenvalue weighted by atomic mass is 16.5. The molecule has 1 aliphatic rings. The third-order valence-electron chi connectivity index (χ3n) is 5.73. The van der Waals surface area contributed by atoms with Gasteiger partial charge in [0.2, 0.25) is 5.78 Å². The number of aliphatic imine (C=N–C) groups is 1. The fourth-order valence-corrected chi connectivity index (χ4v) is 4.18. The van der Waals surface area contributed by atoms with Gasteiger partial charge >= 0.3 is 0 Å². The molecule has 4 aromatic rings. The molecule has 0 spiro atoms. The number of benzene rings is 1. The van der Waals surface area contributed by atoms with Gasteiger partial charge in [-0.2, -0.15) is 0 Å². The quantitative estimate of drug-likeness (QED) is 0.469. The molecule has 0 saturated heterocycles. The number of carbonyl (C=O) groups excluding carboxylic acids is 1. The van der Waals surface area contributed by atoms with Crippen LogP contribution in [0.25, 0.3) is 27.5 Å². The second-order valence-electron chi connectivity index (χ2n) is 7.73. The Morgan fingerprint density at radius 2 is 1.84 bits per heavy atom. The van der Waals surface area contributed by atoms with Crippen molar-refractivity contribution in [2.24, 2.45) is 12.0 Å². The molecule has 3 aromatic heterocycles. The highest BCUT2D eigenvalue weighted by molar-refractivity contribution is 6.29. The van der Waals surface area contributed by atoms with E-state index in [0.29, 0.717) is 16.9 Å². The molecule has 0 N–H and O–H groups in total. The third-order valence-corrected chi connectivity index (χ3v) is 5.73. The second kappa shape index (κ2) is 6.84. The van der Waals surface area contributed by atoms with Crippen LogP contribution in [-0.4, -0.2) is 38.1 Å². The number of ketones is 1. The SMILES string of the molecule is COc1cc2c(cc1C1=C(C)N=C1C)ncc1nc(C(=O)c3ccc(C)nc3)n(C)c12. The van der Waals surface area contributed by atoms with Crippen molar-refractivity contribution in [3.8, 4) is 5.75 Å². The molecule has 0 saturated carbocycles. The van der Waals surface area contributed by atoms with Crippen molar-refractivity contribution in [1.82, 2.24) is 19.5 Å². The number of aromatic nitrogens is 4. The Balaban J connectivity index is 1.71.